The van der Waals surface area contributed by atoms with Crippen LogP contribution in [-0.4, -0.2) is 40.0 Å². The van der Waals surface area contributed by atoms with Crippen LogP contribution in [0.1, 0.15) is 36.5 Å². The van der Waals surface area contributed by atoms with Gasteiger partial charge in [0.05, 0.1) is 11.8 Å². The van der Waals surface area contributed by atoms with Gasteiger partial charge in [-0.15, -0.1) is 0 Å². The number of primary sulfonamides is 1. The SMILES string of the molecule is C[C@H]1CN(c2ccc(C(=O)C3CC3)cc2S(N)(=O)=O)CCCO1. The second-order valence-electron chi connectivity index (χ2n) is 6.35. The first kappa shape index (κ1) is 16.4. The zero-order chi connectivity index (χ0) is 16.6. The summed E-state index contributed by atoms with van der Waals surface area (Å²) in [7, 11) is -3.91. The molecule has 3 rings (SSSR count). The number of carbonyl (C=O) groups is 1. The van der Waals surface area contributed by atoms with E-state index in [1.807, 2.05) is 11.8 Å². The molecule has 1 aliphatic heterocycles. The Bertz CT molecular complexity index is 713. The Labute approximate surface area is 136 Å². The van der Waals surface area contributed by atoms with Crippen molar-refractivity contribution in [3.05, 3.63) is 23.8 Å². The summed E-state index contributed by atoms with van der Waals surface area (Å²) in [4.78, 5) is 14.2. The molecule has 0 radical (unpaired) electrons. The van der Waals surface area contributed by atoms with E-state index in [2.05, 4.69) is 0 Å². The minimum absolute atomic E-state index is 0.00835. The van der Waals surface area contributed by atoms with Gasteiger partial charge in [-0.1, -0.05) is 0 Å². The highest BCUT2D eigenvalue weighted by atomic mass is 32.2. The summed E-state index contributed by atoms with van der Waals surface area (Å²) >= 11 is 0. The Balaban J connectivity index is 2.00. The van der Waals surface area contributed by atoms with Crippen LogP contribution in [0.2, 0.25) is 0 Å². The molecule has 2 N–H and O–H groups in total. The molecule has 0 aromatic heterocycles. The van der Waals surface area contributed by atoms with Gasteiger partial charge in [-0.2, -0.15) is 0 Å². The van der Waals surface area contributed by atoms with Gasteiger partial charge >= 0.3 is 0 Å². The summed E-state index contributed by atoms with van der Waals surface area (Å²) in [6.45, 7) is 3.90. The first-order chi connectivity index (χ1) is 10.9. The number of hydrogen-bond acceptors (Lipinski definition) is 5. The highest BCUT2D eigenvalue weighted by molar-refractivity contribution is 7.89. The van der Waals surface area contributed by atoms with Gasteiger partial charge in [0.25, 0.3) is 0 Å². The third-order valence-electron chi connectivity index (χ3n) is 4.29. The van der Waals surface area contributed by atoms with Gasteiger partial charge in [-0.25, -0.2) is 13.6 Å². The molecule has 6 nitrogen and oxygen atoms in total. The van der Waals surface area contributed by atoms with E-state index >= 15 is 0 Å². The van der Waals surface area contributed by atoms with E-state index < -0.39 is 10.0 Å². The fourth-order valence-electron chi connectivity index (χ4n) is 2.95. The van der Waals surface area contributed by atoms with Gasteiger partial charge < -0.3 is 9.64 Å². The van der Waals surface area contributed by atoms with Gasteiger partial charge in [0.1, 0.15) is 4.90 Å². The molecule has 1 aromatic rings. The van der Waals surface area contributed by atoms with Crippen molar-refractivity contribution in [1.82, 2.24) is 0 Å². The first-order valence-corrected chi connectivity index (χ1v) is 9.48. The normalized spacial score (nSPS) is 22.7. The van der Waals surface area contributed by atoms with Gasteiger partial charge in [0.15, 0.2) is 5.78 Å². The highest BCUT2D eigenvalue weighted by Gasteiger charge is 2.32. The molecule has 1 heterocycles. The van der Waals surface area contributed by atoms with Crippen LogP contribution in [0.3, 0.4) is 0 Å². The van der Waals surface area contributed by atoms with Crippen molar-refractivity contribution in [3.8, 4) is 0 Å². The zero-order valence-electron chi connectivity index (χ0n) is 13.2. The predicted molar refractivity (Wildman–Crippen MR) is 87.1 cm³/mol. The average molecular weight is 338 g/mol. The second kappa shape index (κ2) is 6.22. The molecule has 0 amide bonds. The zero-order valence-corrected chi connectivity index (χ0v) is 14.0. The molecule has 2 fully saturated rings. The maximum absolute atomic E-state index is 12.2. The number of benzene rings is 1. The lowest BCUT2D eigenvalue weighted by Crippen LogP contribution is -2.32. The summed E-state index contributed by atoms with van der Waals surface area (Å²) in [5, 5.41) is 5.40. The van der Waals surface area contributed by atoms with Gasteiger partial charge in [0, 0.05) is 31.2 Å². The molecule has 7 heteroatoms. The smallest absolute Gasteiger partial charge is 0.240 e. The van der Waals surface area contributed by atoms with Crippen molar-refractivity contribution in [2.75, 3.05) is 24.6 Å². The number of ketones is 1. The summed E-state index contributed by atoms with van der Waals surface area (Å²) < 4.78 is 29.7. The third kappa shape index (κ3) is 3.73. The van der Waals surface area contributed by atoms with E-state index in [-0.39, 0.29) is 22.7 Å². The summed E-state index contributed by atoms with van der Waals surface area (Å²) in [5.41, 5.74) is 0.983. The first-order valence-electron chi connectivity index (χ1n) is 7.94. The van der Waals surface area contributed by atoms with Crippen LogP contribution < -0.4 is 10.0 Å². The quantitative estimate of drug-likeness (QED) is 0.841. The number of nitrogens with two attached hydrogens (primary N) is 1. The third-order valence-corrected chi connectivity index (χ3v) is 5.23. The number of anilines is 1. The standard InChI is InChI=1S/C16H22N2O4S/c1-11-10-18(7-2-8-22-11)14-6-5-13(16(19)12-3-4-12)9-15(14)23(17,20)21/h5-6,9,11-12H,2-4,7-8,10H2,1H3,(H2,17,20,21)/t11-/m0/s1. The molecule has 126 valence electrons. The van der Waals surface area contributed by atoms with Crippen molar-refractivity contribution >= 4 is 21.5 Å². The molecular weight excluding hydrogens is 316 g/mol. The molecule has 0 bridgehead atoms. The molecule has 1 aliphatic carbocycles. The maximum atomic E-state index is 12.2. The lowest BCUT2D eigenvalue weighted by molar-refractivity contribution is 0.0820. The van der Waals surface area contributed by atoms with E-state index in [0.717, 1.165) is 19.3 Å². The fraction of sp³-hybridized carbons (Fsp3) is 0.562. The lowest BCUT2D eigenvalue weighted by Gasteiger charge is -2.26. The van der Waals surface area contributed by atoms with Gasteiger partial charge in [-0.05, 0) is 44.4 Å². The van der Waals surface area contributed by atoms with E-state index in [0.29, 0.717) is 30.9 Å². The average Bonchev–Trinajstić information content (AvgIpc) is 3.32. The Hall–Kier alpha value is -1.44. The molecule has 1 saturated heterocycles. The molecule has 23 heavy (non-hydrogen) atoms. The highest BCUT2D eigenvalue weighted by Crippen LogP contribution is 2.34. The molecule has 1 saturated carbocycles. The van der Waals surface area contributed by atoms with Crippen molar-refractivity contribution in [2.45, 2.75) is 37.2 Å². The number of ether oxygens (including phenoxy) is 1. The Morgan fingerprint density at radius 2 is 2.09 bits per heavy atom. The van der Waals surface area contributed by atoms with Crippen molar-refractivity contribution in [3.63, 3.8) is 0 Å². The lowest BCUT2D eigenvalue weighted by atomic mass is 10.1. The van der Waals surface area contributed by atoms with Crippen LogP contribution in [0.5, 0.6) is 0 Å². The van der Waals surface area contributed by atoms with Gasteiger partial charge in [-0.3, -0.25) is 4.79 Å². The summed E-state index contributed by atoms with van der Waals surface area (Å²) in [6, 6.07) is 4.84. The van der Waals surface area contributed by atoms with Crippen LogP contribution in [0.15, 0.2) is 23.1 Å². The summed E-state index contributed by atoms with van der Waals surface area (Å²) in [5.74, 6) is 0.0507. The van der Waals surface area contributed by atoms with Crippen LogP contribution >= 0.6 is 0 Å². The number of Topliss-reactive ketones (excluding diaryl/α,β-unsaturated/α-hetero) is 1. The number of nitrogens with zero attached hydrogens (tertiary/aromatic N) is 1. The molecule has 0 spiro atoms. The molecule has 0 unspecified atom stereocenters. The van der Waals surface area contributed by atoms with Crippen molar-refractivity contribution in [2.24, 2.45) is 11.1 Å². The Morgan fingerprint density at radius 1 is 1.35 bits per heavy atom. The van der Waals surface area contributed by atoms with E-state index in [9.17, 15) is 13.2 Å². The second-order valence-corrected chi connectivity index (χ2v) is 7.88. The minimum Gasteiger partial charge on any atom is -0.377 e. The predicted octanol–water partition coefficient (Wildman–Crippen LogP) is 1.54. The topological polar surface area (TPSA) is 89.7 Å². The number of hydrogen-bond donors (Lipinski definition) is 1. The van der Waals surface area contributed by atoms with Gasteiger partial charge in [0.2, 0.25) is 10.0 Å². The summed E-state index contributed by atoms with van der Waals surface area (Å²) in [6.07, 6.45) is 2.59. The molecule has 1 atom stereocenters. The number of rotatable bonds is 4. The molecule has 1 aromatic carbocycles. The largest absolute Gasteiger partial charge is 0.377 e. The Kier molecular flexibility index (Phi) is 4.44. The fourth-order valence-corrected chi connectivity index (χ4v) is 3.73. The van der Waals surface area contributed by atoms with Crippen molar-refractivity contribution in [1.29, 1.82) is 0 Å². The van der Waals surface area contributed by atoms with Crippen LogP contribution in [-0.2, 0) is 14.8 Å². The number of carbonyl (C=O) groups excluding carboxylic acids is 1. The van der Waals surface area contributed by atoms with Crippen LogP contribution in [0.4, 0.5) is 5.69 Å². The van der Waals surface area contributed by atoms with Crippen molar-refractivity contribution < 1.29 is 17.9 Å². The van der Waals surface area contributed by atoms with E-state index in [1.165, 1.54) is 6.07 Å². The van der Waals surface area contributed by atoms with E-state index in [1.54, 1.807) is 12.1 Å². The minimum atomic E-state index is -3.91. The van der Waals surface area contributed by atoms with E-state index in [4.69, 9.17) is 9.88 Å². The Morgan fingerprint density at radius 3 is 2.74 bits per heavy atom. The molecule has 2 aliphatic rings. The van der Waals surface area contributed by atoms with Crippen LogP contribution in [0, 0.1) is 5.92 Å². The van der Waals surface area contributed by atoms with Crippen LogP contribution in [0.25, 0.3) is 0 Å². The monoisotopic (exact) mass is 338 g/mol. The maximum Gasteiger partial charge on any atom is 0.240 e. The molecular formula is C16H22N2O4S. The number of sulfonamides is 1.